The van der Waals surface area contributed by atoms with Crippen LogP contribution < -0.4 is 19.9 Å². The number of imide groups is 2. The minimum Gasteiger partial charge on any atom is -0.504 e. The Balaban J connectivity index is 1.19. The number of nitrogens with one attached hydrogen (secondary N) is 1. The highest BCUT2D eigenvalue weighted by molar-refractivity contribution is 9.10. The third-order valence-corrected chi connectivity index (χ3v) is 12.6. The maximum atomic E-state index is 15.5. The lowest BCUT2D eigenvalue weighted by Gasteiger charge is -2.50. The SMILES string of the molecule is COc1cc(Br)cc(C2C3=CCC4C(=O)N(c5ccc(Nc6ccccc6)cc5)C(=O)C4C3CC3C(=O)N(c4cccc(Cl)c4)C(=O)C32c2ccccc2)c1O. The van der Waals surface area contributed by atoms with Crippen molar-refractivity contribution >= 4 is 73.9 Å². The van der Waals surface area contributed by atoms with Gasteiger partial charge in [0.15, 0.2) is 11.5 Å². The van der Waals surface area contributed by atoms with E-state index in [1.54, 1.807) is 48.5 Å². The Labute approximate surface area is 336 Å². The van der Waals surface area contributed by atoms with Crippen LogP contribution in [0.2, 0.25) is 5.02 Å². The summed E-state index contributed by atoms with van der Waals surface area (Å²) < 4.78 is 6.20. The number of benzene rings is 5. The maximum absolute atomic E-state index is 15.5. The van der Waals surface area contributed by atoms with Crippen LogP contribution in [0, 0.1) is 23.7 Å². The summed E-state index contributed by atoms with van der Waals surface area (Å²) in [6.07, 6.45) is 2.33. The Morgan fingerprint density at radius 2 is 1.46 bits per heavy atom. The Morgan fingerprint density at radius 1 is 0.768 bits per heavy atom. The molecule has 2 aliphatic carbocycles. The Bertz CT molecular complexity index is 2460. The molecule has 6 unspecified atom stereocenters. The summed E-state index contributed by atoms with van der Waals surface area (Å²) in [5.74, 6) is -5.58. The summed E-state index contributed by atoms with van der Waals surface area (Å²) in [4.78, 5) is 62.1. The quantitative estimate of drug-likeness (QED) is 0.124. The number of aromatic hydroxyl groups is 1. The fraction of sp³-hybridized carbons (Fsp3) is 0.200. The number of amides is 4. The van der Waals surface area contributed by atoms with Crippen molar-refractivity contribution in [2.24, 2.45) is 23.7 Å². The zero-order chi connectivity index (χ0) is 38.9. The van der Waals surface area contributed by atoms with Crippen molar-refractivity contribution in [1.82, 2.24) is 0 Å². The van der Waals surface area contributed by atoms with E-state index in [2.05, 4.69) is 21.2 Å². The highest BCUT2D eigenvalue weighted by Gasteiger charge is 2.70. The van der Waals surface area contributed by atoms with Crippen molar-refractivity contribution in [1.29, 1.82) is 0 Å². The smallest absolute Gasteiger partial charge is 0.246 e. The van der Waals surface area contributed by atoms with Crippen LogP contribution in [0.15, 0.2) is 137 Å². The first-order valence-electron chi connectivity index (χ1n) is 18.4. The van der Waals surface area contributed by atoms with Crippen LogP contribution in [-0.2, 0) is 24.6 Å². The molecule has 11 heteroatoms. The lowest BCUT2D eigenvalue weighted by Crippen LogP contribution is -2.53. The van der Waals surface area contributed by atoms with Gasteiger partial charge >= 0.3 is 0 Å². The molecular formula is C45H35BrClN3O6. The van der Waals surface area contributed by atoms with E-state index >= 15 is 9.59 Å². The first-order valence-corrected chi connectivity index (χ1v) is 19.6. The van der Waals surface area contributed by atoms with Gasteiger partial charge in [0.1, 0.15) is 0 Å². The normalized spacial score (nSPS) is 25.4. The molecule has 9 rings (SSSR count). The number of allylic oxidation sites excluding steroid dienone is 2. The second-order valence-electron chi connectivity index (χ2n) is 14.7. The standard InChI is InChI=1S/C45H35BrClN3O6/c1-56-37-22-26(46)21-35(40(37)51)39-32-19-20-33-38(43(54)49(41(33)52)30-17-15-29(16-18-30)48-28-12-6-3-7-13-28)34(32)24-36-42(53)50(31-14-8-11-27(47)23-31)44(55)45(36,39)25-9-4-2-5-10-25/h2-19,21-23,33-34,36,38-39,48,51H,20,24H2,1H3. The number of hydrogen-bond acceptors (Lipinski definition) is 7. The number of anilines is 4. The number of carbonyl (C=O) groups excluding carboxylic acids is 4. The average Bonchev–Trinajstić information content (AvgIpc) is 3.60. The number of hydrogen-bond donors (Lipinski definition) is 2. The van der Waals surface area contributed by atoms with E-state index in [-0.39, 0.29) is 36.2 Å². The van der Waals surface area contributed by atoms with E-state index in [1.165, 1.54) is 16.9 Å². The van der Waals surface area contributed by atoms with Gasteiger partial charge in [0, 0.05) is 32.4 Å². The van der Waals surface area contributed by atoms with Gasteiger partial charge in [-0.1, -0.05) is 93.8 Å². The number of carbonyl (C=O) groups is 4. The summed E-state index contributed by atoms with van der Waals surface area (Å²) >= 11 is 10.0. The number of fused-ring (bicyclic) bond motifs is 4. The van der Waals surface area contributed by atoms with Gasteiger partial charge in [-0.3, -0.25) is 24.1 Å². The number of ether oxygens (including phenoxy) is 1. The first-order chi connectivity index (χ1) is 27.1. The topological polar surface area (TPSA) is 116 Å². The number of phenolic OH excluding ortho intramolecular Hbond substituents is 1. The van der Waals surface area contributed by atoms with E-state index in [9.17, 15) is 14.7 Å². The molecule has 2 aliphatic heterocycles. The molecule has 5 aromatic carbocycles. The van der Waals surface area contributed by atoms with Gasteiger partial charge in [-0.25, -0.2) is 4.90 Å². The molecule has 56 heavy (non-hydrogen) atoms. The van der Waals surface area contributed by atoms with E-state index in [4.69, 9.17) is 16.3 Å². The molecular weight excluding hydrogens is 794 g/mol. The predicted octanol–water partition coefficient (Wildman–Crippen LogP) is 8.93. The predicted molar refractivity (Wildman–Crippen MR) is 217 cm³/mol. The summed E-state index contributed by atoms with van der Waals surface area (Å²) in [5.41, 5.74) is 2.61. The highest BCUT2D eigenvalue weighted by Crippen LogP contribution is 2.66. The second-order valence-corrected chi connectivity index (χ2v) is 16.0. The number of phenols is 1. The van der Waals surface area contributed by atoms with Gasteiger partial charge in [-0.2, -0.15) is 0 Å². The van der Waals surface area contributed by atoms with Crippen molar-refractivity contribution in [2.75, 3.05) is 22.2 Å². The fourth-order valence-electron chi connectivity index (χ4n) is 9.69. The Kier molecular flexibility index (Phi) is 8.86. The number of methoxy groups -OCH3 is 1. The molecule has 4 amide bonds. The largest absolute Gasteiger partial charge is 0.504 e. The van der Waals surface area contributed by atoms with E-state index in [0.29, 0.717) is 32.0 Å². The summed E-state index contributed by atoms with van der Waals surface area (Å²) in [6.45, 7) is 0. The number of rotatable bonds is 7. The molecule has 4 aliphatic rings. The molecule has 3 fully saturated rings. The molecule has 280 valence electrons. The molecule has 2 heterocycles. The van der Waals surface area contributed by atoms with Crippen LogP contribution in [0.25, 0.3) is 0 Å². The van der Waals surface area contributed by atoms with Crippen LogP contribution in [-0.4, -0.2) is 35.8 Å². The maximum Gasteiger partial charge on any atom is 0.246 e. The van der Waals surface area contributed by atoms with Crippen molar-refractivity contribution in [2.45, 2.75) is 24.2 Å². The number of halogens is 2. The zero-order valence-electron chi connectivity index (χ0n) is 30.1. The van der Waals surface area contributed by atoms with Crippen LogP contribution in [0.4, 0.5) is 22.7 Å². The van der Waals surface area contributed by atoms with Gasteiger partial charge in [0.2, 0.25) is 23.6 Å². The minimum atomic E-state index is -1.55. The monoisotopic (exact) mass is 827 g/mol. The van der Waals surface area contributed by atoms with Crippen LogP contribution in [0.3, 0.4) is 0 Å². The Hall–Kier alpha value is -5.71. The van der Waals surface area contributed by atoms with Crippen LogP contribution in [0.1, 0.15) is 29.9 Å². The summed E-state index contributed by atoms with van der Waals surface area (Å²) in [6, 6.07) is 36.0. The molecule has 0 spiro atoms. The third-order valence-electron chi connectivity index (χ3n) is 12.0. The summed E-state index contributed by atoms with van der Waals surface area (Å²) in [5, 5.41) is 15.7. The van der Waals surface area contributed by atoms with Crippen molar-refractivity contribution in [3.05, 3.63) is 154 Å². The van der Waals surface area contributed by atoms with Crippen molar-refractivity contribution < 1.29 is 29.0 Å². The molecule has 0 bridgehead atoms. The van der Waals surface area contributed by atoms with E-state index < -0.39 is 46.8 Å². The zero-order valence-corrected chi connectivity index (χ0v) is 32.4. The molecule has 5 aromatic rings. The van der Waals surface area contributed by atoms with Crippen molar-refractivity contribution in [3.63, 3.8) is 0 Å². The third kappa shape index (κ3) is 5.41. The number of para-hydroxylation sites is 1. The number of nitrogens with zero attached hydrogens (tertiary/aromatic N) is 2. The molecule has 0 radical (unpaired) electrons. The lowest BCUT2D eigenvalue weighted by atomic mass is 9.49. The van der Waals surface area contributed by atoms with Gasteiger partial charge in [-0.05, 0) is 91.1 Å². The van der Waals surface area contributed by atoms with Gasteiger partial charge < -0.3 is 15.2 Å². The average molecular weight is 829 g/mol. The molecule has 9 nitrogen and oxygen atoms in total. The highest BCUT2D eigenvalue weighted by atomic mass is 79.9. The lowest BCUT2D eigenvalue weighted by molar-refractivity contribution is -0.127. The molecule has 0 aromatic heterocycles. The molecule has 2 saturated heterocycles. The van der Waals surface area contributed by atoms with Gasteiger partial charge in [0.05, 0.1) is 41.7 Å². The van der Waals surface area contributed by atoms with Gasteiger partial charge in [0.25, 0.3) is 0 Å². The fourth-order valence-corrected chi connectivity index (χ4v) is 10.3. The molecule has 1 saturated carbocycles. The first kappa shape index (κ1) is 36.0. The van der Waals surface area contributed by atoms with Gasteiger partial charge in [-0.15, -0.1) is 0 Å². The van der Waals surface area contributed by atoms with Crippen molar-refractivity contribution in [3.8, 4) is 11.5 Å². The van der Waals surface area contributed by atoms with Crippen LogP contribution in [0.5, 0.6) is 11.5 Å². The minimum absolute atomic E-state index is 0.124. The van der Waals surface area contributed by atoms with E-state index in [0.717, 1.165) is 16.9 Å². The second kappa shape index (κ2) is 13.8. The van der Waals surface area contributed by atoms with Crippen LogP contribution >= 0.6 is 27.5 Å². The van der Waals surface area contributed by atoms with E-state index in [1.807, 2.05) is 78.9 Å². The Morgan fingerprint density at radius 3 is 2.16 bits per heavy atom. The molecule has 2 N–H and O–H groups in total. The summed E-state index contributed by atoms with van der Waals surface area (Å²) in [7, 11) is 1.45. The molecule has 6 atom stereocenters.